The fourth-order valence-electron chi connectivity index (χ4n) is 1.74. The van der Waals surface area contributed by atoms with Crippen molar-refractivity contribution in [3.05, 3.63) is 30.3 Å². The van der Waals surface area contributed by atoms with Crippen LogP contribution in [-0.2, 0) is 20.2 Å². The molecule has 0 fully saturated rings. The molecule has 2 rings (SSSR count). The highest BCUT2D eigenvalue weighted by molar-refractivity contribution is 7.89. The minimum absolute atomic E-state index is 0.129. The van der Waals surface area contributed by atoms with Gasteiger partial charge in [-0.3, -0.25) is 9.11 Å². The van der Waals surface area contributed by atoms with Gasteiger partial charge in [0.25, 0.3) is 20.2 Å². The zero-order valence-corrected chi connectivity index (χ0v) is 10.8. The molecule has 0 aliphatic carbocycles. The minimum Gasteiger partial charge on any atom is -0.508 e. The molecule has 7 nitrogen and oxygen atoms in total. The van der Waals surface area contributed by atoms with E-state index in [0.717, 1.165) is 18.2 Å². The van der Waals surface area contributed by atoms with Crippen molar-refractivity contribution < 1.29 is 31.0 Å². The van der Waals surface area contributed by atoms with Gasteiger partial charge in [0.1, 0.15) is 15.5 Å². The molecule has 0 aliphatic heterocycles. The molecule has 0 radical (unpaired) electrons. The number of fused-ring (bicyclic) bond motifs is 1. The highest BCUT2D eigenvalue weighted by atomic mass is 32.2. The fourth-order valence-corrected chi connectivity index (χ4v) is 3.74. The molecule has 19 heavy (non-hydrogen) atoms. The zero-order valence-electron chi connectivity index (χ0n) is 9.18. The van der Waals surface area contributed by atoms with Gasteiger partial charge in [-0.15, -0.1) is 0 Å². The van der Waals surface area contributed by atoms with Crippen LogP contribution in [0, 0.1) is 0 Å². The van der Waals surface area contributed by atoms with E-state index in [-0.39, 0.29) is 16.5 Å². The third-order valence-electron chi connectivity index (χ3n) is 2.45. The molecule has 0 amide bonds. The summed E-state index contributed by atoms with van der Waals surface area (Å²) in [4.78, 5) is -1.85. The lowest BCUT2D eigenvalue weighted by molar-refractivity contribution is 0.467. The van der Waals surface area contributed by atoms with Gasteiger partial charge in [-0.2, -0.15) is 16.8 Å². The first kappa shape index (κ1) is 13.7. The van der Waals surface area contributed by atoms with Crippen molar-refractivity contribution in [2.75, 3.05) is 0 Å². The Morgan fingerprint density at radius 1 is 0.842 bits per heavy atom. The second-order valence-electron chi connectivity index (χ2n) is 3.75. The SMILES string of the molecule is O=S(=O)(O)c1ccc2cc(O)ccc2c1S(=O)(=O)O. The Morgan fingerprint density at radius 2 is 1.47 bits per heavy atom. The zero-order chi connectivity index (χ0) is 14.4. The first-order valence-corrected chi connectivity index (χ1v) is 7.69. The first-order valence-electron chi connectivity index (χ1n) is 4.81. The van der Waals surface area contributed by atoms with Crippen molar-refractivity contribution in [2.24, 2.45) is 0 Å². The van der Waals surface area contributed by atoms with Gasteiger partial charge in [-0.25, -0.2) is 0 Å². The summed E-state index contributed by atoms with van der Waals surface area (Å²) < 4.78 is 63.0. The van der Waals surface area contributed by atoms with Crippen LogP contribution >= 0.6 is 0 Å². The molecule has 2 aromatic rings. The summed E-state index contributed by atoms with van der Waals surface area (Å²) in [7, 11) is -9.70. The van der Waals surface area contributed by atoms with E-state index in [4.69, 9.17) is 9.11 Å². The van der Waals surface area contributed by atoms with Gasteiger partial charge in [-0.1, -0.05) is 6.07 Å². The molecule has 0 heterocycles. The van der Waals surface area contributed by atoms with E-state index >= 15 is 0 Å². The molecule has 0 spiro atoms. The van der Waals surface area contributed by atoms with E-state index in [9.17, 15) is 21.9 Å². The van der Waals surface area contributed by atoms with Crippen LogP contribution in [0.2, 0.25) is 0 Å². The molecule has 9 heteroatoms. The Labute approximate surface area is 108 Å². The van der Waals surface area contributed by atoms with Gasteiger partial charge in [0, 0.05) is 5.39 Å². The van der Waals surface area contributed by atoms with Crippen LogP contribution < -0.4 is 0 Å². The van der Waals surface area contributed by atoms with Crippen LogP contribution in [0.15, 0.2) is 40.1 Å². The maximum atomic E-state index is 11.3. The van der Waals surface area contributed by atoms with Crippen molar-refractivity contribution in [1.29, 1.82) is 0 Å². The Hall–Kier alpha value is -1.68. The molecule has 0 saturated carbocycles. The van der Waals surface area contributed by atoms with Crippen molar-refractivity contribution in [1.82, 2.24) is 0 Å². The molecule has 2 aromatic carbocycles. The van der Waals surface area contributed by atoms with E-state index in [1.54, 1.807) is 0 Å². The highest BCUT2D eigenvalue weighted by Gasteiger charge is 2.26. The Balaban J connectivity index is 3.07. The molecule has 0 saturated heterocycles. The lowest BCUT2D eigenvalue weighted by Crippen LogP contribution is -2.09. The van der Waals surface area contributed by atoms with Crippen LogP contribution in [0.5, 0.6) is 5.75 Å². The maximum Gasteiger partial charge on any atom is 0.296 e. The van der Waals surface area contributed by atoms with Crippen molar-refractivity contribution in [3.63, 3.8) is 0 Å². The lowest BCUT2D eigenvalue weighted by atomic mass is 10.1. The van der Waals surface area contributed by atoms with Gasteiger partial charge in [0.15, 0.2) is 0 Å². The molecular formula is C10H8O7S2. The molecule has 3 N–H and O–H groups in total. The number of hydrogen-bond donors (Lipinski definition) is 3. The minimum atomic E-state index is -4.88. The fraction of sp³-hybridized carbons (Fsp3) is 0. The third kappa shape index (κ3) is 2.54. The van der Waals surface area contributed by atoms with E-state index in [1.807, 2.05) is 0 Å². The van der Waals surface area contributed by atoms with E-state index in [1.165, 1.54) is 12.1 Å². The summed E-state index contributed by atoms with van der Waals surface area (Å²) in [5.74, 6) is -0.159. The predicted octanol–water partition coefficient (Wildman–Crippen LogP) is 1.04. The summed E-state index contributed by atoms with van der Waals surface area (Å²) in [6.07, 6.45) is 0. The second kappa shape index (κ2) is 4.17. The van der Waals surface area contributed by atoms with Crippen LogP contribution in [0.3, 0.4) is 0 Å². The summed E-state index contributed by atoms with van der Waals surface area (Å²) in [6.45, 7) is 0. The molecule has 0 unspecified atom stereocenters. The summed E-state index contributed by atoms with van der Waals surface area (Å²) in [5, 5.41) is 9.34. The Kier molecular flexibility index (Phi) is 3.01. The smallest absolute Gasteiger partial charge is 0.296 e. The average molecular weight is 304 g/mol. The normalized spacial score (nSPS) is 12.7. The van der Waals surface area contributed by atoms with Gasteiger partial charge in [0.05, 0.1) is 0 Å². The van der Waals surface area contributed by atoms with Crippen molar-refractivity contribution in [3.8, 4) is 5.75 Å². The third-order valence-corrected chi connectivity index (χ3v) is 4.43. The summed E-state index contributed by atoms with van der Waals surface area (Å²) >= 11 is 0. The van der Waals surface area contributed by atoms with Crippen LogP contribution in [-0.4, -0.2) is 31.0 Å². The largest absolute Gasteiger partial charge is 0.508 e. The molecule has 0 atom stereocenters. The van der Waals surface area contributed by atoms with Crippen LogP contribution in [0.4, 0.5) is 0 Å². The van der Waals surface area contributed by atoms with Gasteiger partial charge in [0.2, 0.25) is 0 Å². The van der Waals surface area contributed by atoms with Crippen LogP contribution in [0.25, 0.3) is 10.8 Å². The number of phenolic OH excluding ortho intramolecular Hbond substituents is 1. The van der Waals surface area contributed by atoms with E-state index < -0.39 is 30.0 Å². The van der Waals surface area contributed by atoms with Crippen molar-refractivity contribution in [2.45, 2.75) is 9.79 Å². The summed E-state index contributed by atoms with van der Waals surface area (Å²) in [6, 6.07) is 5.48. The monoisotopic (exact) mass is 304 g/mol. The maximum absolute atomic E-state index is 11.3. The molecule has 0 aliphatic rings. The standard InChI is InChI=1S/C10H8O7S2/c11-7-2-3-8-6(5-7)1-4-9(18(12,13)14)10(8)19(15,16)17/h1-5,11H,(H,12,13,14)(H,15,16,17). The number of benzene rings is 2. The topological polar surface area (TPSA) is 129 Å². The quantitative estimate of drug-likeness (QED) is 0.707. The number of aromatic hydroxyl groups is 1. The Bertz CT molecular complexity index is 866. The van der Waals surface area contributed by atoms with Crippen LogP contribution in [0.1, 0.15) is 0 Å². The second-order valence-corrected chi connectivity index (χ2v) is 6.50. The van der Waals surface area contributed by atoms with Gasteiger partial charge in [-0.05, 0) is 29.7 Å². The number of phenols is 1. The predicted molar refractivity (Wildman–Crippen MR) is 65.2 cm³/mol. The van der Waals surface area contributed by atoms with E-state index in [0.29, 0.717) is 0 Å². The van der Waals surface area contributed by atoms with Gasteiger partial charge >= 0.3 is 0 Å². The molecule has 102 valence electrons. The first-order chi connectivity index (χ1) is 8.60. The molecule has 0 bridgehead atoms. The van der Waals surface area contributed by atoms with Crippen molar-refractivity contribution >= 4 is 31.0 Å². The lowest BCUT2D eigenvalue weighted by Gasteiger charge is -2.08. The molecule has 0 aromatic heterocycles. The van der Waals surface area contributed by atoms with E-state index in [2.05, 4.69) is 0 Å². The molecular weight excluding hydrogens is 296 g/mol. The average Bonchev–Trinajstić information content (AvgIpc) is 2.24. The summed E-state index contributed by atoms with van der Waals surface area (Å²) in [5.41, 5.74) is 0. The Morgan fingerprint density at radius 3 is 2.00 bits per heavy atom. The highest BCUT2D eigenvalue weighted by Crippen LogP contribution is 2.31. The number of hydrogen-bond acceptors (Lipinski definition) is 5. The number of rotatable bonds is 2. The van der Waals surface area contributed by atoms with Gasteiger partial charge < -0.3 is 5.11 Å².